The minimum Gasteiger partial charge on any atom is -0.315 e. The van der Waals surface area contributed by atoms with Crippen molar-refractivity contribution < 1.29 is 16.8 Å². The summed E-state index contributed by atoms with van der Waals surface area (Å²) >= 11 is 0. The van der Waals surface area contributed by atoms with E-state index in [9.17, 15) is 16.8 Å². The van der Waals surface area contributed by atoms with E-state index in [4.69, 9.17) is 0 Å². The molecule has 0 bridgehead atoms. The monoisotopic (exact) mass is 301 g/mol. The topological polar surface area (TPSA) is 80.3 Å². The Morgan fingerprint density at radius 3 is 2.37 bits per heavy atom. The summed E-state index contributed by atoms with van der Waals surface area (Å²) < 4.78 is 47.9. The summed E-state index contributed by atoms with van der Waals surface area (Å²) in [5.41, 5.74) is -0.0213. The van der Waals surface area contributed by atoms with Crippen molar-refractivity contribution in [2.24, 2.45) is 5.41 Å². The summed E-state index contributed by atoms with van der Waals surface area (Å²) in [5.74, 6) is -0.0250. The van der Waals surface area contributed by atoms with Crippen molar-refractivity contribution in [1.29, 1.82) is 0 Å². The molecule has 0 aliphatic carbocycles. The zero-order chi connectivity index (χ0) is 13.9. The van der Waals surface area contributed by atoms with Gasteiger partial charge < -0.3 is 5.32 Å². The molecule has 0 amide bonds. The van der Waals surface area contributed by atoms with E-state index in [0.29, 0.717) is 18.7 Å². The van der Waals surface area contributed by atoms with Crippen LogP contribution in [0.25, 0.3) is 0 Å². The van der Waals surface area contributed by atoms with E-state index < -0.39 is 29.7 Å². The normalized spacial score (nSPS) is 27.5. The lowest BCUT2D eigenvalue weighted by molar-refractivity contribution is 0.190. The zero-order valence-electron chi connectivity index (χ0n) is 10.5. The van der Waals surface area contributed by atoms with Gasteiger partial charge >= 0.3 is 0 Å². The van der Waals surface area contributed by atoms with Gasteiger partial charge in [-0.3, -0.25) is 0 Å². The second-order valence-corrected chi connectivity index (χ2v) is 9.80. The van der Waals surface area contributed by atoms with Gasteiger partial charge in [-0.15, -0.1) is 0 Å². The van der Waals surface area contributed by atoms with Crippen LogP contribution in [0, 0.1) is 12.3 Å². The quantitative estimate of drug-likeness (QED) is 0.839. The molecular weight excluding hydrogens is 286 g/mol. The van der Waals surface area contributed by atoms with Crippen molar-refractivity contribution in [1.82, 2.24) is 5.32 Å². The van der Waals surface area contributed by atoms with Gasteiger partial charge in [0.05, 0.1) is 10.6 Å². The van der Waals surface area contributed by atoms with Crippen LogP contribution in [0.2, 0.25) is 0 Å². The third-order valence-electron chi connectivity index (χ3n) is 3.95. The molecule has 0 saturated carbocycles. The highest BCUT2D eigenvalue weighted by Gasteiger charge is 2.67. The smallest absolute Gasteiger partial charge is 0.196 e. The summed E-state index contributed by atoms with van der Waals surface area (Å²) in [4.78, 5) is 0.134. The van der Waals surface area contributed by atoms with E-state index >= 15 is 0 Å². The summed E-state index contributed by atoms with van der Waals surface area (Å²) in [6.07, 6.45) is 0. The van der Waals surface area contributed by atoms with Crippen LogP contribution in [0.3, 0.4) is 0 Å². The van der Waals surface area contributed by atoms with Gasteiger partial charge in [-0.05, 0) is 18.6 Å². The average Bonchev–Trinajstić information content (AvgIpc) is 2.23. The van der Waals surface area contributed by atoms with Crippen LogP contribution >= 0.6 is 0 Å². The van der Waals surface area contributed by atoms with Crippen molar-refractivity contribution in [2.45, 2.75) is 16.4 Å². The number of aryl methyl sites for hydroxylation is 1. The van der Waals surface area contributed by atoms with Gasteiger partial charge in [-0.2, -0.15) is 0 Å². The first-order chi connectivity index (χ1) is 8.80. The Hall–Kier alpha value is -0.920. The molecule has 2 heterocycles. The lowest BCUT2D eigenvalue weighted by Crippen LogP contribution is -2.74. The Bertz CT molecular complexity index is 733. The number of benzene rings is 1. The summed E-state index contributed by atoms with van der Waals surface area (Å²) in [6.45, 7) is 2.61. The molecule has 2 aliphatic heterocycles. The molecule has 3 rings (SSSR count). The number of hydrogen-bond donors (Lipinski definition) is 1. The highest BCUT2D eigenvalue weighted by molar-refractivity contribution is 8.10. The molecule has 5 nitrogen and oxygen atoms in total. The molecule has 1 unspecified atom stereocenters. The van der Waals surface area contributed by atoms with Crippen LogP contribution in [0.15, 0.2) is 29.2 Å². The first-order valence-corrected chi connectivity index (χ1v) is 9.28. The zero-order valence-corrected chi connectivity index (χ0v) is 12.1. The fourth-order valence-corrected chi connectivity index (χ4v) is 9.18. The summed E-state index contributed by atoms with van der Waals surface area (Å²) in [6, 6.07) is 6.53. The van der Waals surface area contributed by atoms with Crippen molar-refractivity contribution in [2.75, 3.05) is 18.8 Å². The molecule has 19 heavy (non-hydrogen) atoms. The second kappa shape index (κ2) is 3.80. The number of rotatable bonds is 2. The molecule has 1 spiro atoms. The fraction of sp³-hybridized carbons (Fsp3) is 0.500. The molecule has 1 aromatic rings. The Kier molecular flexibility index (Phi) is 2.62. The molecule has 2 fully saturated rings. The summed E-state index contributed by atoms with van der Waals surface area (Å²) in [7, 11) is -7.38. The van der Waals surface area contributed by atoms with Crippen molar-refractivity contribution in [3.05, 3.63) is 29.8 Å². The predicted octanol–water partition coefficient (Wildman–Crippen LogP) is 0.113. The van der Waals surface area contributed by atoms with Crippen LogP contribution in [0.5, 0.6) is 0 Å². The summed E-state index contributed by atoms with van der Waals surface area (Å²) in [5, 5.41) is 2.98. The third-order valence-corrected chi connectivity index (χ3v) is 9.86. The lowest BCUT2D eigenvalue weighted by Gasteiger charge is -2.53. The highest BCUT2D eigenvalue weighted by Crippen LogP contribution is 2.48. The molecule has 2 saturated heterocycles. The molecule has 104 valence electrons. The van der Waals surface area contributed by atoms with Crippen LogP contribution in [0.1, 0.15) is 5.56 Å². The Labute approximate surface area is 112 Å². The third kappa shape index (κ3) is 1.68. The molecule has 1 atom stereocenters. The Morgan fingerprint density at radius 2 is 1.89 bits per heavy atom. The first-order valence-electron chi connectivity index (χ1n) is 6.01. The minimum atomic E-state index is -3.84. The highest BCUT2D eigenvalue weighted by atomic mass is 32.3. The average molecular weight is 301 g/mol. The van der Waals surface area contributed by atoms with Crippen LogP contribution in [-0.2, 0) is 19.7 Å². The molecule has 1 aromatic carbocycles. The van der Waals surface area contributed by atoms with Gasteiger partial charge in [-0.25, -0.2) is 16.8 Å². The maximum absolute atomic E-state index is 12.7. The van der Waals surface area contributed by atoms with E-state index in [0.717, 1.165) is 0 Å². The maximum atomic E-state index is 12.7. The predicted molar refractivity (Wildman–Crippen MR) is 71.2 cm³/mol. The number of nitrogens with one attached hydrogen (secondary N) is 1. The van der Waals surface area contributed by atoms with E-state index in [-0.39, 0.29) is 10.6 Å². The van der Waals surface area contributed by atoms with Gasteiger partial charge in [-0.1, -0.05) is 18.2 Å². The molecule has 0 radical (unpaired) electrons. The number of hydrogen-bond acceptors (Lipinski definition) is 5. The van der Waals surface area contributed by atoms with Crippen LogP contribution < -0.4 is 5.32 Å². The van der Waals surface area contributed by atoms with E-state index in [1.54, 1.807) is 25.1 Å². The number of sulfone groups is 2. The maximum Gasteiger partial charge on any atom is 0.196 e. The molecule has 1 N–H and O–H groups in total. The van der Waals surface area contributed by atoms with Gasteiger partial charge in [0.2, 0.25) is 0 Å². The van der Waals surface area contributed by atoms with Crippen molar-refractivity contribution in [3.8, 4) is 0 Å². The van der Waals surface area contributed by atoms with Gasteiger partial charge in [0.25, 0.3) is 0 Å². The standard InChI is InChI=1S/C12H15NO4S2/c1-9-4-2-3-5-10(9)19(16,17)11-12(6-13-7-12)8-18(11,14)15/h2-5,11,13H,6-8H2,1H3. The molecule has 2 aliphatic rings. The van der Waals surface area contributed by atoms with Crippen LogP contribution in [-0.4, -0.2) is 40.3 Å². The molecule has 7 heteroatoms. The van der Waals surface area contributed by atoms with Crippen molar-refractivity contribution >= 4 is 19.7 Å². The van der Waals surface area contributed by atoms with Crippen molar-refractivity contribution in [3.63, 3.8) is 0 Å². The molecular formula is C12H15NO4S2. The van der Waals surface area contributed by atoms with Gasteiger partial charge in [0.1, 0.15) is 0 Å². The minimum absolute atomic E-state index is 0.0250. The Balaban J connectivity index is 2.13. The molecule has 0 aromatic heterocycles. The lowest BCUT2D eigenvalue weighted by atomic mass is 9.85. The van der Waals surface area contributed by atoms with Crippen LogP contribution in [0.4, 0.5) is 0 Å². The second-order valence-electron chi connectivity index (χ2n) is 5.42. The van der Waals surface area contributed by atoms with Gasteiger partial charge in [0, 0.05) is 18.5 Å². The largest absolute Gasteiger partial charge is 0.315 e. The first kappa shape index (κ1) is 13.1. The van der Waals surface area contributed by atoms with E-state index in [1.165, 1.54) is 6.07 Å². The van der Waals surface area contributed by atoms with E-state index in [2.05, 4.69) is 5.32 Å². The Morgan fingerprint density at radius 1 is 1.26 bits per heavy atom. The van der Waals surface area contributed by atoms with E-state index in [1.807, 2.05) is 0 Å². The SMILES string of the molecule is Cc1ccccc1S(=O)(=O)C1C2(CNC2)CS1(=O)=O. The fourth-order valence-electron chi connectivity index (χ4n) is 3.05. The van der Waals surface area contributed by atoms with Gasteiger partial charge in [0.15, 0.2) is 24.3 Å².